The molecule has 5 N–H and O–H groups in total. The summed E-state index contributed by atoms with van der Waals surface area (Å²) in [7, 11) is 0. The van der Waals surface area contributed by atoms with Crippen LogP contribution in [-0.4, -0.2) is 54.0 Å². The zero-order chi connectivity index (χ0) is 21.9. The Balaban J connectivity index is 1.54. The molecular weight excluding hydrogens is 403 g/mol. The van der Waals surface area contributed by atoms with Crippen LogP contribution in [0.25, 0.3) is 0 Å². The van der Waals surface area contributed by atoms with Gasteiger partial charge in [-0.3, -0.25) is 9.59 Å². The summed E-state index contributed by atoms with van der Waals surface area (Å²) < 4.78 is 37.8. The normalized spacial score (nSPS) is 23.7. The molecular formula is C19H24F3N5O3. The van der Waals surface area contributed by atoms with Crippen molar-refractivity contribution in [1.82, 2.24) is 15.5 Å². The van der Waals surface area contributed by atoms with Gasteiger partial charge in [-0.2, -0.15) is 13.2 Å². The Bertz CT molecular complexity index is 800. The third-order valence-electron chi connectivity index (χ3n) is 5.25. The molecule has 2 saturated heterocycles. The van der Waals surface area contributed by atoms with E-state index in [4.69, 9.17) is 5.73 Å². The first-order chi connectivity index (χ1) is 14.2. The van der Waals surface area contributed by atoms with Gasteiger partial charge in [0.15, 0.2) is 0 Å². The maximum Gasteiger partial charge on any atom is 0.416 e. The Morgan fingerprint density at radius 1 is 1.20 bits per heavy atom. The van der Waals surface area contributed by atoms with E-state index in [0.29, 0.717) is 13.0 Å². The van der Waals surface area contributed by atoms with Crippen LogP contribution in [0.2, 0.25) is 0 Å². The number of carbonyl (C=O) groups is 3. The first-order valence-corrected chi connectivity index (χ1v) is 9.74. The van der Waals surface area contributed by atoms with Crippen molar-refractivity contribution in [2.24, 2.45) is 5.73 Å². The predicted octanol–water partition coefficient (Wildman–Crippen LogP) is 1.42. The molecule has 3 rings (SSSR count). The Morgan fingerprint density at radius 3 is 2.53 bits per heavy atom. The molecule has 0 aliphatic carbocycles. The second-order valence-corrected chi connectivity index (χ2v) is 7.46. The standard InChI is InChI=1S/C19H24F3N5O3/c20-19(21,22)11-4-6-12(7-5-11)24-18(30)25-13-9-15-16(28)26-14(3-1-2-8-23)17(29)27(15)10-13/h4-7,13-15H,1-3,8-10,23H2,(H,26,28)(H2,24,25,30)/t13-,14-,15-/m0/s1. The number of urea groups is 1. The molecule has 2 aliphatic rings. The third-order valence-corrected chi connectivity index (χ3v) is 5.25. The number of nitrogens with two attached hydrogens (primary N) is 1. The van der Waals surface area contributed by atoms with Crippen molar-refractivity contribution in [1.29, 1.82) is 0 Å². The average Bonchev–Trinajstić information content (AvgIpc) is 3.10. The lowest BCUT2D eigenvalue weighted by Crippen LogP contribution is -2.61. The molecule has 0 unspecified atom stereocenters. The molecule has 2 heterocycles. The van der Waals surface area contributed by atoms with E-state index < -0.39 is 35.9 Å². The van der Waals surface area contributed by atoms with E-state index in [-0.39, 0.29) is 30.5 Å². The monoisotopic (exact) mass is 427 g/mol. The minimum atomic E-state index is -4.45. The first kappa shape index (κ1) is 21.9. The van der Waals surface area contributed by atoms with E-state index in [1.807, 2.05) is 0 Å². The van der Waals surface area contributed by atoms with Gasteiger partial charge in [-0.05, 0) is 56.5 Å². The molecule has 30 heavy (non-hydrogen) atoms. The number of unbranched alkanes of at least 4 members (excludes halogenated alkanes) is 1. The number of anilines is 1. The van der Waals surface area contributed by atoms with Crippen LogP contribution in [0.5, 0.6) is 0 Å². The van der Waals surface area contributed by atoms with Gasteiger partial charge in [0.1, 0.15) is 12.1 Å². The summed E-state index contributed by atoms with van der Waals surface area (Å²) in [6.07, 6.45) is -2.18. The fraction of sp³-hybridized carbons (Fsp3) is 0.526. The van der Waals surface area contributed by atoms with Crippen LogP contribution in [-0.2, 0) is 15.8 Å². The van der Waals surface area contributed by atoms with Crippen LogP contribution in [0, 0.1) is 0 Å². The van der Waals surface area contributed by atoms with Gasteiger partial charge in [-0.15, -0.1) is 0 Å². The lowest BCUT2D eigenvalue weighted by atomic mass is 10.0. The molecule has 4 amide bonds. The van der Waals surface area contributed by atoms with E-state index in [9.17, 15) is 27.6 Å². The summed E-state index contributed by atoms with van der Waals surface area (Å²) in [6, 6.07) is 1.78. The number of nitrogens with zero attached hydrogens (tertiary/aromatic N) is 1. The quantitative estimate of drug-likeness (QED) is 0.514. The number of fused-ring (bicyclic) bond motifs is 1. The fourth-order valence-electron chi connectivity index (χ4n) is 3.75. The van der Waals surface area contributed by atoms with Crippen molar-refractivity contribution in [3.05, 3.63) is 29.8 Å². The lowest BCUT2D eigenvalue weighted by molar-refractivity contribution is -0.147. The molecule has 164 valence electrons. The Morgan fingerprint density at radius 2 is 1.90 bits per heavy atom. The number of hydrogen-bond acceptors (Lipinski definition) is 4. The molecule has 8 nitrogen and oxygen atoms in total. The van der Waals surface area contributed by atoms with Crippen molar-refractivity contribution in [2.75, 3.05) is 18.4 Å². The Labute approximate surface area is 171 Å². The summed E-state index contributed by atoms with van der Waals surface area (Å²) in [6.45, 7) is 0.714. The van der Waals surface area contributed by atoms with Crippen LogP contribution in [0.3, 0.4) is 0 Å². The summed E-state index contributed by atoms with van der Waals surface area (Å²) in [5.41, 5.74) is 4.84. The number of hydrogen-bond donors (Lipinski definition) is 4. The number of alkyl halides is 3. The van der Waals surface area contributed by atoms with Crippen molar-refractivity contribution in [2.45, 2.75) is 50.0 Å². The largest absolute Gasteiger partial charge is 0.416 e. The van der Waals surface area contributed by atoms with Crippen LogP contribution in [0.4, 0.5) is 23.7 Å². The number of nitrogens with one attached hydrogen (secondary N) is 3. The molecule has 0 saturated carbocycles. The maximum absolute atomic E-state index is 12.6. The first-order valence-electron chi connectivity index (χ1n) is 9.74. The number of halogens is 3. The van der Waals surface area contributed by atoms with Gasteiger partial charge in [0.2, 0.25) is 11.8 Å². The van der Waals surface area contributed by atoms with Crippen LogP contribution in [0.1, 0.15) is 31.2 Å². The fourth-order valence-corrected chi connectivity index (χ4v) is 3.75. The summed E-state index contributed by atoms with van der Waals surface area (Å²) in [5, 5.41) is 7.87. The SMILES string of the molecule is NCCCC[C@@H]1NC(=O)[C@@H]2C[C@H](NC(=O)Nc3ccc(C(F)(F)F)cc3)CN2C1=O. The van der Waals surface area contributed by atoms with Crippen LogP contribution in [0.15, 0.2) is 24.3 Å². The maximum atomic E-state index is 12.6. The van der Waals surface area contributed by atoms with Crippen molar-refractivity contribution < 1.29 is 27.6 Å². The Hall–Kier alpha value is -2.82. The molecule has 0 aromatic heterocycles. The smallest absolute Gasteiger partial charge is 0.343 e. The molecule has 0 spiro atoms. The van der Waals surface area contributed by atoms with E-state index in [0.717, 1.165) is 37.1 Å². The average molecular weight is 427 g/mol. The zero-order valence-electron chi connectivity index (χ0n) is 16.2. The van der Waals surface area contributed by atoms with Gasteiger partial charge in [0.25, 0.3) is 0 Å². The Kier molecular flexibility index (Phi) is 6.49. The van der Waals surface area contributed by atoms with Gasteiger partial charge < -0.3 is 26.6 Å². The second kappa shape index (κ2) is 8.90. The topological polar surface area (TPSA) is 117 Å². The van der Waals surface area contributed by atoms with Gasteiger partial charge in [-0.1, -0.05) is 0 Å². The number of amides is 4. The highest BCUT2D eigenvalue weighted by molar-refractivity contribution is 5.98. The van der Waals surface area contributed by atoms with E-state index in [1.54, 1.807) is 0 Å². The molecule has 11 heteroatoms. The number of rotatable bonds is 6. The highest BCUT2D eigenvalue weighted by Crippen LogP contribution is 2.30. The molecule has 1 aromatic rings. The number of benzene rings is 1. The van der Waals surface area contributed by atoms with Crippen LogP contribution >= 0.6 is 0 Å². The minimum absolute atomic E-state index is 0.177. The van der Waals surface area contributed by atoms with Gasteiger partial charge in [0, 0.05) is 12.2 Å². The van der Waals surface area contributed by atoms with E-state index in [2.05, 4.69) is 16.0 Å². The van der Waals surface area contributed by atoms with Crippen molar-refractivity contribution >= 4 is 23.5 Å². The van der Waals surface area contributed by atoms with E-state index in [1.165, 1.54) is 4.90 Å². The van der Waals surface area contributed by atoms with Crippen LogP contribution < -0.4 is 21.7 Å². The van der Waals surface area contributed by atoms with Gasteiger partial charge >= 0.3 is 12.2 Å². The lowest BCUT2D eigenvalue weighted by Gasteiger charge is -2.34. The molecule has 0 radical (unpaired) electrons. The second-order valence-electron chi connectivity index (χ2n) is 7.46. The van der Waals surface area contributed by atoms with Crippen molar-refractivity contribution in [3.63, 3.8) is 0 Å². The third kappa shape index (κ3) is 5.02. The van der Waals surface area contributed by atoms with Crippen molar-refractivity contribution in [3.8, 4) is 0 Å². The highest BCUT2D eigenvalue weighted by atomic mass is 19.4. The summed E-state index contributed by atoms with van der Waals surface area (Å²) in [4.78, 5) is 38.7. The molecule has 3 atom stereocenters. The summed E-state index contributed by atoms with van der Waals surface area (Å²) >= 11 is 0. The van der Waals surface area contributed by atoms with Gasteiger partial charge in [-0.25, -0.2) is 4.79 Å². The predicted molar refractivity (Wildman–Crippen MR) is 102 cm³/mol. The molecule has 2 aliphatic heterocycles. The number of piperazine rings is 1. The number of carbonyl (C=O) groups excluding carboxylic acids is 3. The molecule has 1 aromatic carbocycles. The summed E-state index contributed by atoms with van der Waals surface area (Å²) in [5.74, 6) is -0.427. The molecule has 0 bridgehead atoms. The molecule has 2 fully saturated rings. The van der Waals surface area contributed by atoms with Gasteiger partial charge in [0.05, 0.1) is 11.6 Å². The highest BCUT2D eigenvalue weighted by Gasteiger charge is 2.46. The van der Waals surface area contributed by atoms with E-state index >= 15 is 0 Å². The minimum Gasteiger partial charge on any atom is -0.343 e. The zero-order valence-corrected chi connectivity index (χ0v) is 16.2.